The van der Waals surface area contributed by atoms with E-state index in [1.807, 2.05) is 6.92 Å². The highest BCUT2D eigenvalue weighted by Crippen LogP contribution is 2.07. The van der Waals surface area contributed by atoms with Crippen molar-refractivity contribution in [3.8, 4) is 12.3 Å². The van der Waals surface area contributed by atoms with Crippen molar-refractivity contribution in [1.82, 2.24) is 0 Å². The molecule has 0 aliphatic rings. The molecule has 14 heavy (non-hydrogen) atoms. The highest BCUT2D eigenvalue weighted by molar-refractivity contribution is 5.72. The highest BCUT2D eigenvalue weighted by atomic mass is 19.1. The number of carbonyl (C=O) groups is 1. The SMILES string of the molecule is C#Cc1cc(F)ccc1C.CC(C)=O. The van der Waals surface area contributed by atoms with E-state index in [9.17, 15) is 9.18 Å². The first-order chi connectivity index (χ1) is 6.47. The van der Waals surface area contributed by atoms with Crippen LogP contribution in [-0.4, -0.2) is 5.78 Å². The van der Waals surface area contributed by atoms with E-state index in [2.05, 4.69) is 5.92 Å². The lowest BCUT2D eigenvalue weighted by Gasteiger charge is -1.95. The first-order valence-corrected chi connectivity index (χ1v) is 4.17. The van der Waals surface area contributed by atoms with Crippen LogP contribution in [0.15, 0.2) is 18.2 Å². The van der Waals surface area contributed by atoms with Crippen LogP contribution in [0.2, 0.25) is 0 Å². The molecule has 1 aromatic rings. The molecule has 0 unspecified atom stereocenters. The zero-order valence-electron chi connectivity index (χ0n) is 8.60. The number of ketones is 1. The molecule has 0 saturated carbocycles. The van der Waals surface area contributed by atoms with Gasteiger partial charge < -0.3 is 4.79 Å². The minimum absolute atomic E-state index is 0.167. The van der Waals surface area contributed by atoms with E-state index >= 15 is 0 Å². The summed E-state index contributed by atoms with van der Waals surface area (Å²) in [6.07, 6.45) is 5.10. The van der Waals surface area contributed by atoms with Gasteiger partial charge in [0, 0.05) is 5.56 Å². The zero-order valence-corrected chi connectivity index (χ0v) is 8.60. The summed E-state index contributed by atoms with van der Waals surface area (Å²) in [7, 11) is 0. The molecule has 0 aromatic heterocycles. The summed E-state index contributed by atoms with van der Waals surface area (Å²) >= 11 is 0. The molecular weight excluding hydrogens is 179 g/mol. The molecule has 0 N–H and O–H groups in total. The fourth-order valence-corrected chi connectivity index (χ4v) is 0.750. The molecule has 0 spiro atoms. The maximum atomic E-state index is 12.4. The van der Waals surface area contributed by atoms with Gasteiger partial charge in [0.1, 0.15) is 11.6 Å². The summed E-state index contributed by atoms with van der Waals surface area (Å²) in [4.78, 5) is 9.44. The van der Waals surface area contributed by atoms with Crippen LogP contribution >= 0.6 is 0 Å². The lowest BCUT2D eigenvalue weighted by Crippen LogP contribution is -1.82. The predicted molar refractivity (Wildman–Crippen MR) is 55.4 cm³/mol. The van der Waals surface area contributed by atoms with E-state index < -0.39 is 0 Å². The van der Waals surface area contributed by atoms with Gasteiger partial charge in [0.2, 0.25) is 0 Å². The first kappa shape index (κ1) is 12.4. The molecule has 0 aliphatic heterocycles. The summed E-state index contributed by atoms with van der Waals surface area (Å²) < 4.78 is 12.4. The number of carbonyl (C=O) groups excluding carboxylic acids is 1. The Hall–Kier alpha value is -1.62. The second-order valence-corrected chi connectivity index (χ2v) is 3.01. The van der Waals surface area contributed by atoms with Crippen molar-refractivity contribution < 1.29 is 9.18 Å². The highest BCUT2D eigenvalue weighted by Gasteiger charge is 1.94. The van der Waals surface area contributed by atoms with Crippen LogP contribution in [0.25, 0.3) is 0 Å². The van der Waals surface area contributed by atoms with Crippen molar-refractivity contribution in [3.63, 3.8) is 0 Å². The third kappa shape index (κ3) is 5.10. The van der Waals surface area contributed by atoms with Gasteiger partial charge in [-0.15, -0.1) is 6.42 Å². The summed E-state index contributed by atoms with van der Waals surface area (Å²) in [6, 6.07) is 4.43. The van der Waals surface area contributed by atoms with Gasteiger partial charge in [0.05, 0.1) is 0 Å². The normalized spacial score (nSPS) is 8.21. The van der Waals surface area contributed by atoms with Gasteiger partial charge in [-0.25, -0.2) is 4.39 Å². The molecule has 0 saturated heterocycles. The van der Waals surface area contributed by atoms with Gasteiger partial charge in [-0.1, -0.05) is 12.0 Å². The molecule has 0 radical (unpaired) electrons. The average molecular weight is 192 g/mol. The van der Waals surface area contributed by atoms with E-state index in [0.717, 1.165) is 5.56 Å². The van der Waals surface area contributed by atoms with Crippen molar-refractivity contribution in [2.75, 3.05) is 0 Å². The van der Waals surface area contributed by atoms with Gasteiger partial charge in [-0.05, 0) is 38.5 Å². The van der Waals surface area contributed by atoms with E-state index in [-0.39, 0.29) is 11.6 Å². The van der Waals surface area contributed by atoms with Crippen molar-refractivity contribution in [2.45, 2.75) is 20.8 Å². The largest absolute Gasteiger partial charge is 0.300 e. The number of aryl methyl sites for hydroxylation is 1. The number of Topliss-reactive ketones (excluding diaryl/α,β-unsaturated/α-hetero) is 1. The number of benzene rings is 1. The Morgan fingerprint density at radius 3 is 2.29 bits per heavy atom. The second kappa shape index (κ2) is 5.93. The van der Waals surface area contributed by atoms with Crippen molar-refractivity contribution in [1.29, 1.82) is 0 Å². The number of rotatable bonds is 0. The molecule has 0 bridgehead atoms. The zero-order chi connectivity index (χ0) is 11.1. The molecule has 0 amide bonds. The van der Waals surface area contributed by atoms with Gasteiger partial charge in [-0.2, -0.15) is 0 Å². The average Bonchev–Trinajstić information content (AvgIpc) is 2.08. The minimum atomic E-state index is -0.279. The van der Waals surface area contributed by atoms with Crippen LogP contribution in [0.3, 0.4) is 0 Å². The summed E-state index contributed by atoms with van der Waals surface area (Å²) in [6.45, 7) is 4.91. The lowest BCUT2D eigenvalue weighted by molar-refractivity contribution is -0.114. The van der Waals surface area contributed by atoms with Gasteiger partial charge in [-0.3, -0.25) is 0 Å². The minimum Gasteiger partial charge on any atom is -0.300 e. The second-order valence-electron chi connectivity index (χ2n) is 3.01. The maximum Gasteiger partial charge on any atom is 0.126 e. The van der Waals surface area contributed by atoms with Gasteiger partial charge in [0.25, 0.3) is 0 Å². The molecule has 0 heterocycles. The molecule has 74 valence electrons. The standard InChI is InChI=1S/C9H7F.C3H6O/c1-3-8-6-9(10)5-4-7(8)2;1-3(2)4/h1,4-6H,2H3;1-2H3. The fourth-order valence-electron chi connectivity index (χ4n) is 0.750. The molecule has 0 aliphatic carbocycles. The Balaban J connectivity index is 0.000000364. The summed E-state index contributed by atoms with van der Waals surface area (Å²) in [5.74, 6) is 2.28. The lowest BCUT2D eigenvalue weighted by atomic mass is 10.1. The molecule has 1 nitrogen and oxygen atoms in total. The number of hydrogen-bond acceptors (Lipinski definition) is 1. The van der Waals surface area contributed by atoms with Crippen LogP contribution < -0.4 is 0 Å². The Bertz CT molecular complexity index is 357. The van der Waals surface area contributed by atoms with Gasteiger partial charge >= 0.3 is 0 Å². The molecular formula is C12H13FO. The fraction of sp³-hybridized carbons (Fsp3) is 0.250. The van der Waals surface area contributed by atoms with Crippen LogP contribution in [0.4, 0.5) is 4.39 Å². The Labute approximate surface area is 84.0 Å². The Morgan fingerprint density at radius 2 is 1.93 bits per heavy atom. The van der Waals surface area contributed by atoms with Crippen molar-refractivity contribution in [2.24, 2.45) is 0 Å². The van der Waals surface area contributed by atoms with Crippen LogP contribution in [0.5, 0.6) is 0 Å². The molecule has 0 atom stereocenters. The Kier molecular flexibility index (Phi) is 5.24. The van der Waals surface area contributed by atoms with Crippen LogP contribution in [-0.2, 0) is 4.79 Å². The van der Waals surface area contributed by atoms with E-state index in [4.69, 9.17) is 6.42 Å². The summed E-state index contributed by atoms with van der Waals surface area (Å²) in [5, 5.41) is 0. The topological polar surface area (TPSA) is 17.1 Å². The smallest absolute Gasteiger partial charge is 0.126 e. The number of hydrogen-bond donors (Lipinski definition) is 0. The maximum absolute atomic E-state index is 12.4. The molecule has 2 heteroatoms. The van der Waals surface area contributed by atoms with E-state index in [0.29, 0.717) is 5.56 Å². The Morgan fingerprint density at radius 1 is 1.43 bits per heavy atom. The third-order valence-electron chi connectivity index (χ3n) is 1.36. The number of halogens is 1. The van der Waals surface area contributed by atoms with Crippen LogP contribution in [0, 0.1) is 25.1 Å². The molecule has 1 rings (SSSR count). The van der Waals surface area contributed by atoms with E-state index in [1.165, 1.54) is 26.0 Å². The molecule has 0 fully saturated rings. The number of terminal acetylenes is 1. The quantitative estimate of drug-likeness (QED) is 0.577. The monoisotopic (exact) mass is 192 g/mol. The third-order valence-corrected chi connectivity index (χ3v) is 1.36. The van der Waals surface area contributed by atoms with Crippen molar-refractivity contribution in [3.05, 3.63) is 35.1 Å². The summed E-state index contributed by atoms with van der Waals surface area (Å²) in [5.41, 5.74) is 1.56. The first-order valence-electron chi connectivity index (χ1n) is 4.17. The van der Waals surface area contributed by atoms with Crippen molar-refractivity contribution >= 4 is 5.78 Å². The van der Waals surface area contributed by atoms with Crippen LogP contribution in [0.1, 0.15) is 25.0 Å². The predicted octanol–water partition coefficient (Wildman–Crippen LogP) is 2.71. The van der Waals surface area contributed by atoms with E-state index in [1.54, 1.807) is 6.07 Å². The van der Waals surface area contributed by atoms with Gasteiger partial charge in [0.15, 0.2) is 0 Å². The molecule has 1 aromatic carbocycles.